The summed E-state index contributed by atoms with van der Waals surface area (Å²) >= 11 is 0. The van der Waals surface area contributed by atoms with Crippen LogP contribution in [0.4, 0.5) is 18.9 Å². The number of alkyl halides is 3. The van der Waals surface area contributed by atoms with E-state index in [0.717, 1.165) is 23.0 Å². The lowest BCUT2D eigenvalue weighted by Gasteiger charge is -2.13. The van der Waals surface area contributed by atoms with Gasteiger partial charge in [-0.15, -0.1) is 0 Å². The van der Waals surface area contributed by atoms with Gasteiger partial charge >= 0.3 is 6.18 Å². The molecule has 0 saturated carbocycles. The minimum atomic E-state index is -4.50. The molecule has 2 N–H and O–H groups in total. The van der Waals surface area contributed by atoms with Gasteiger partial charge in [0.2, 0.25) is 5.91 Å². The fourth-order valence-corrected chi connectivity index (χ4v) is 2.23. The molecule has 0 radical (unpaired) electrons. The molecule has 22 heavy (non-hydrogen) atoms. The first-order valence-corrected chi connectivity index (χ1v) is 6.75. The number of benzene rings is 1. The summed E-state index contributed by atoms with van der Waals surface area (Å²) < 4.78 is 38.6. The number of carbonyl (C=O) groups excluding carboxylic acids is 1. The molecule has 1 heterocycles. The molecule has 0 unspecified atom stereocenters. The van der Waals surface area contributed by atoms with E-state index in [9.17, 15) is 18.0 Å². The van der Waals surface area contributed by atoms with Gasteiger partial charge in [-0.25, -0.2) is 0 Å². The van der Waals surface area contributed by atoms with E-state index in [-0.39, 0.29) is 12.1 Å². The van der Waals surface area contributed by atoms with Crippen LogP contribution in [0, 0.1) is 13.8 Å². The van der Waals surface area contributed by atoms with Crippen LogP contribution in [-0.4, -0.2) is 16.1 Å². The molecule has 0 bridgehead atoms. The zero-order chi connectivity index (χ0) is 16.3. The molecular formula is C15H16F3N3O. The maximum absolute atomic E-state index is 12.9. The number of nitrogens with one attached hydrogen (secondary N) is 2. The first kappa shape index (κ1) is 16.1. The third-order valence-corrected chi connectivity index (χ3v) is 3.39. The van der Waals surface area contributed by atoms with Crippen molar-refractivity contribution in [3.8, 4) is 0 Å². The summed E-state index contributed by atoms with van der Waals surface area (Å²) in [5.41, 5.74) is 1.50. The Morgan fingerprint density at radius 2 is 1.95 bits per heavy atom. The van der Waals surface area contributed by atoms with Gasteiger partial charge in [-0.1, -0.05) is 12.1 Å². The minimum Gasteiger partial charge on any atom is -0.325 e. The Morgan fingerprint density at radius 1 is 1.27 bits per heavy atom. The molecular weight excluding hydrogens is 295 g/mol. The standard InChI is InChI=1S/C15H16F3N3O/c1-9-11(10(2)21-20-9)7-8-14(22)19-13-6-4-3-5-12(13)15(16,17)18/h3-6H,7-8H2,1-2H3,(H,19,22)(H,20,21). The first-order chi connectivity index (χ1) is 10.3. The van der Waals surface area contributed by atoms with Crippen LogP contribution >= 0.6 is 0 Å². The highest BCUT2D eigenvalue weighted by molar-refractivity contribution is 5.91. The van der Waals surface area contributed by atoms with Crippen molar-refractivity contribution in [2.24, 2.45) is 0 Å². The normalized spacial score (nSPS) is 11.5. The smallest absolute Gasteiger partial charge is 0.325 e. The van der Waals surface area contributed by atoms with Gasteiger partial charge in [-0.2, -0.15) is 18.3 Å². The van der Waals surface area contributed by atoms with Crippen molar-refractivity contribution in [2.45, 2.75) is 32.9 Å². The molecule has 0 aliphatic rings. The minimum absolute atomic E-state index is 0.0907. The maximum Gasteiger partial charge on any atom is 0.418 e. The summed E-state index contributed by atoms with van der Waals surface area (Å²) in [7, 11) is 0. The molecule has 0 fully saturated rings. The quantitative estimate of drug-likeness (QED) is 0.906. The number of rotatable bonds is 4. The molecule has 2 rings (SSSR count). The van der Waals surface area contributed by atoms with Crippen LogP contribution in [0.25, 0.3) is 0 Å². The van der Waals surface area contributed by atoms with E-state index in [4.69, 9.17) is 0 Å². The number of anilines is 1. The second-order valence-electron chi connectivity index (χ2n) is 5.00. The van der Waals surface area contributed by atoms with Crippen LogP contribution < -0.4 is 5.32 Å². The van der Waals surface area contributed by atoms with E-state index < -0.39 is 17.6 Å². The van der Waals surface area contributed by atoms with Gasteiger partial charge < -0.3 is 5.32 Å². The highest BCUT2D eigenvalue weighted by atomic mass is 19.4. The lowest BCUT2D eigenvalue weighted by molar-refractivity contribution is -0.137. The van der Waals surface area contributed by atoms with E-state index in [0.29, 0.717) is 6.42 Å². The van der Waals surface area contributed by atoms with Crippen molar-refractivity contribution in [3.63, 3.8) is 0 Å². The van der Waals surface area contributed by atoms with Crippen LogP contribution in [-0.2, 0) is 17.4 Å². The molecule has 0 atom stereocenters. The molecule has 0 saturated heterocycles. The number of aromatic nitrogens is 2. The monoisotopic (exact) mass is 311 g/mol. The number of para-hydroxylation sites is 1. The molecule has 1 aromatic carbocycles. The van der Waals surface area contributed by atoms with Crippen LogP contribution in [0.15, 0.2) is 24.3 Å². The third kappa shape index (κ3) is 3.66. The maximum atomic E-state index is 12.9. The summed E-state index contributed by atoms with van der Waals surface area (Å²) in [5.74, 6) is -0.461. The van der Waals surface area contributed by atoms with Crippen molar-refractivity contribution in [2.75, 3.05) is 5.32 Å². The van der Waals surface area contributed by atoms with Gasteiger partial charge in [0.15, 0.2) is 0 Å². The van der Waals surface area contributed by atoms with Crippen LogP contribution in [0.2, 0.25) is 0 Å². The number of hydrogen-bond acceptors (Lipinski definition) is 2. The first-order valence-electron chi connectivity index (χ1n) is 6.75. The Hall–Kier alpha value is -2.31. The Morgan fingerprint density at radius 3 is 2.55 bits per heavy atom. The fraction of sp³-hybridized carbons (Fsp3) is 0.333. The predicted molar refractivity (Wildman–Crippen MR) is 76.5 cm³/mol. The van der Waals surface area contributed by atoms with Crippen LogP contribution in [0.3, 0.4) is 0 Å². The van der Waals surface area contributed by atoms with Crippen LogP contribution in [0.1, 0.15) is 28.9 Å². The SMILES string of the molecule is Cc1n[nH]c(C)c1CCC(=O)Nc1ccccc1C(F)(F)F. The molecule has 0 aliphatic heterocycles. The zero-order valence-corrected chi connectivity index (χ0v) is 12.2. The molecule has 118 valence electrons. The number of aryl methyl sites for hydroxylation is 2. The highest BCUT2D eigenvalue weighted by Crippen LogP contribution is 2.34. The van der Waals surface area contributed by atoms with Gasteiger partial charge in [0.25, 0.3) is 0 Å². The summed E-state index contributed by atoms with van der Waals surface area (Å²) in [6.07, 6.45) is -3.98. The number of H-pyrrole nitrogens is 1. The molecule has 1 aromatic heterocycles. The lowest BCUT2D eigenvalue weighted by Crippen LogP contribution is -2.17. The Labute approximate surface area is 125 Å². The second kappa shape index (κ2) is 6.21. The number of halogens is 3. The molecule has 0 spiro atoms. The summed E-state index contributed by atoms with van der Waals surface area (Å²) in [6, 6.07) is 4.93. The van der Waals surface area contributed by atoms with E-state index in [1.165, 1.54) is 18.2 Å². The van der Waals surface area contributed by atoms with Gasteiger partial charge in [0.1, 0.15) is 0 Å². The van der Waals surface area contributed by atoms with Crippen LogP contribution in [0.5, 0.6) is 0 Å². The van der Waals surface area contributed by atoms with Gasteiger partial charge in [-0.3, -0.25) is 9.89 Å². The Kier molecular flexibility index (Phi) is 4.54. The molecule has 2 aromatic rings. The Balaban J connectivity index is 2.04. The molecule has 4 nitrogen and oxygen atoms in total. The molecule has 7 heteroatoms. The Bertz CT molecular complexity index is 657. The average Bonchev–Trinajstić information content (AvgIpc) is 2.75. The second-order valence-corrected chi connectivity index (χ2v) is 5.00. The zero-order valence-electron chi connectivity index (χ0n) is 12.2. The largest absolute Gasteiger partial charge is 0.418 e. The topological polar surface area (TPSA) is 57.8 Å². The number of carbonyl (C=O) groups is 1. The average molecular weight is 311 g/mol. The third-order valence-electron chi connectivity index (χ3n) is 3.39. The van der Waals surface area contributed by atoms with E-state index >= 15 is 0 Å². The van der Waals surface area contributed by atoms with Crippen molar-refractivity contribution < 1.29 is 18.0 Å². The summed E-state index contributed by atoms with van der Waals surface area (Å²) in [6.45, 7) is 3.65. The lowest BCUT2D eigenvalue weighted by atomic mass is 10.1. The summed E-state index contributed by atoms with van der Waals surface area (Å²) in [4.78, 5) is 11.9. The van der Waals surface area contributed by atoms with E-state index in [1.54, 1.807) is 0 Å². The van der Waals surface area contributed by atoms with E-state index in [2.05, 4.69) is 15.5 Å². The van der Waals surface area contributed by atoms with Crippen molar-refractivity contribution in [1.82, 2.24) is 10.2 Å². The van der Waals surface area contributed by atoms with Gasteiger partial charge in [-0.05, 0) is 38.0 Å². The van der Waals surface area contributed by atoms with Gasteiger partial charge in [0, 0.05) is 12.1 Å². The fourth-order valence-electron chi connectivity index (χ4n) is 2.23. The molecule has 1 amide bonds. The van der Waals surface area contributed by atoms with Gasteiger partial charge in [0.05, 0.1) is 16.9 Å². The molecule has 0 aliphatic carbocycles. The number of nitrogens with zero attached hydrogens (tertiary/aromatic N) is 1. The predicted octanol–water partition coefficient (Wildman–Crippen LogP) is 3.62. The van der Waals surface area contributed by atoms with Crippen molar-refractivity contribution >= 4 is 11.6 Å². The highest BCUT2D eigenvalue weighted by Gasteiger charge is 2.33. The number of amides is 1. The summed E-state index contributed by atoms with van der Waals surface area (Å²) in [5, 5.41) is 9.16. The number of aromatic amines is 1. The van der Waals surface area contributed by atoms with Crippen molar-refractivity contribution in [3.05, 3.63) is 46.8 Å². The van der Waals surface area contributed by atoms with Crippen molar-refractivity contribution in [1.29, 1.82) is 0 Å². The van der Waals surface area contributed by atoms with E-state index in [1.807, 2.05) is 13.8 Å². The number of hydrogen-bond donors (Lipinski definition) is 2.